The first-order chi connectivity index (χ1) is 10.3. The van der Waals surface area contributed by atoms with Crippen molar-refractivity contribution < 1.29 is 9.21 Å². The van der Waals surface area contributed by atoms with Gasteiger partial charge in [0.2, 0.25) is 23.4 Å². The van der Waals surface area contributed by atoms with Crippen LogP contribution in [0.2, 0.25) is 0 Å². The molecule has 0 spiro atoms. The van der Waals surface area contributed by atoms with Crippen molar-refractivity contribution >= 4 is 11.8 Å². The number of aromatic nitrogens is 1. The van der Waals surface area contributed by atoms with E-state index < -0.39 is 0 Å². The fourth-order valence-electron chi connectivity index (χ4n) is 2.84. The molecule has 2 heterocycles. The molecule has 1 aromatic heterocycles. The predicted octanol–water partition coefficient (Wildman–Crippen LogP) is 1.48. The summed E-state index contributed by atoms with van der Waals surface area (Å²) < 4.78 is 5.81. The fraction of sp³-hybridized carbons (Fsp3) is 0.667. The van der Waals surface area contributed by atoms with Crippen LogP contribution in [0.3, 0.4) is 0 Å². The molecule has 0 atom stereocenters. The fourth-order valence-corrected chi connectivity index (χ4v) is 2.84. The Labute approximate surface area is 123 Å². The Hall–Kier alpha value is -2.03. The van der Waals surface area contributed by atoms with Crippen LogP contribution in [-0.4, -0.2) is 42.0 Å². The van der Waals surface area contributed by atoms with Crippen molar-refractivity contribution in [1.82, 2.24) is 9.88 Å². The topological polar surface area (TPSA) is 73.4 Å². The van der Waals surface area contributed by atoms with Gasteiger partial charge in [0.25, 0.3) is 0 Å². The average molecular weight is 286 g/mol. The van der Waals surface area contributed by atoms with Crippen LogP contribution < -0.4 is 4.90 Å². The molecule has 110 valence electrons. The van der Waals surface area contributed by atoms with E-state index in [1.54, 1.807) is 0 Å². The average Bonchev–Trinajstić information content (AvgIpc) is 3.43. The number of rotatable bonds is 3. The molecule has 6 heteroatoms. The Balaban J connectivity index is 1.45. The Kier molecular flexibility index (Phi) is 2.88. The van der Waals surface area contributed by atoms with E-state index in [0.29, 0.717) is 55.5 Å². The van der Waals surface area contributed by atoms with Crippen molar-refractivity contribution in [2.24, 2.45) is 5.92 Å². The minimum absolute atomic E-state index is 0.276. The zero-order chi connectivity index (χ0) is 14.4. The lowest BCUT2D eigenvalue weighted by Crippen LogP contribution is -2.49. The summed E-state index contributed by atoms with van der Waals surface area (Å²) in [6.45, 7) is 2.85. The Morgan fingerprint density at radius 2 is 1.90 bits per heavy atom. The highest BCUT2D eigenvalue weighted by Gasteiger charge is 2.36. The number of oxazole rings is 1. The zero-order valence-electron chi connectivity index (χ0n) is 11.9. The van der Waals surface area contributed by atoms with Crippen molar-refractivity contribution in [3.63, 3.8) is 0 Å². The SMILES string of the molecule is N#Cc1nc(C2CC2)oc1N1CCN(C(=O)C2CC2)CC1. The predicted molar refractivity (Wildman–Crippen MR) is 74.7 cm³/mol. The summed E-state index contributed by atoms with van der Waals surface area (Å²) >= 11 is 0. The first-order valence-corrected chi connectivity index (χ1v) is 7.71. The molecule has 1 saturated heterocycles. The minimum atomic E-state index is 0.276. The lowest BCUT2D eigenvalue weighted by Gasteiger charge is -2.34. The monoisotopic (exact) mass is 286 g/mol. The van der Waals surface area contributed by atoms with Gasteiger partial charge in [0.15, 0.2) is 0 Å². The van der Waals surface area contributed by atoms with Crippen LogP contribution in [0, 0.1) is 17.2 Å². The van der Waals surface area contributed by atoms with E-state index in [4.69, 9.17) is 4.42 Å². The number of anilines is 1. The van der Waals surface area contributed by atoms with Crippen molar-refractivity contribution in [1.29, 1.82) is 5.26 Å². The Morgan fingerprint density at radius 1 is 1.19 bits per heavy atom. The van der Waals surface area contributed by atoms with E-state index in [9.17, 15) is 10.1 Å². The third-order valence-electron chi connectivity index (χ3n) is 4.46. The van der Waals surface area contributed by atoms with Gasteiger partial charge in [0, 0.05) is 38.0 Å². The van der Waals surface area contributed by atoms with Gasteiger partial charge in [-0.05, 0) is 25.7 Å². The van der Waals surface area contributed by atoms with Gasteiger partial charge >= 0.3 is 0 Å². The van der Waals surface area contributed by atoms with Crippen LogP contribution in [0.5, 0.6) is 0 Å². The van der Waals surface area contributed by atoms with Gasteiger partial charge in [-0.1, -0.05) is 0 Å². The number of hydrogen-bond donors (Lipinski definition) is 0. The molecule has 0 unspecified atom stereocenters. The smallest absolute Gasteiger partial charge is 0.234 e. The van der Waals surface area contributed by atoms with E-state index in [0.717, 1.165) is 25.7 Å². The number of carbonyl (C=O) groups excluding carboxylic acids is 1. The molecule has 3 fully saturated rings. The third-order valence-corrected chi connectivity index (χ3v) is 4.46. The van der Waals surface area contributed by atoms with E-state index in [1.807, 2.05) is 9.80 Å². The maximum absolute atomic E-state index is 12.0. The van der Waals surface area contributed by atoms with E-state index in [1.165, 1.54) is 0 Å². The highest BCUT2D eigenvalue weighted by molar-refractivity contribution is 5.81. The van der Waals surface area contributed by atoms with Crippen molar-refractivity contribution in [3.05, 3.63) is 11.6 Å². The molecule has 1 amide bonds. The van der Waals surface area contributed by atoms with Crippen LogP contribution in [0.4, 0.5) is 5.88 Å². The van der Waals surface area contributed by atoms with Crippen LogP contribution >= 0.6 is 0 Å². The molecule has 0 aromatic carbocycles. The third kappa shape index (κ3) is 2.37. The Bertz CT molecular complexity index is 602. The molecule has 0 N–H and O–H groups in total. The quantitative estimate of drug-likeness (QED) is 0.841. The standard InChI is InChI=1S/C15H18N4O2/c16-9-12-15(21-13(17-12)10-1-2-10)19-7-5-18(6-8-19)14(20)11-3-4-11/h10-11H,1-8H2. The molecule has 1 aromatic rings. The number of piperazine rings is 1. The largest absolute Gasteiger partial charge is 0.423 e. The summed E-state index contributed by atoms with van der Waals surface area (Å²) in [7, 11) is 0. The first-order valence-electron chi connectivity index (χ1n) is 7.71. The summed E-state index contributed by atoms with van der Waals surface area (Å²) in [6, 6.07) is 2.13. The molecule has 3 aliphatic rings. The van der Waals surface area contributed by atoms with Gasteiger partial charge in [-0.3, -0.25) is 4.79 Å². The van der Waals surface area contributed by atoms with Gasteiger partial charge in [0.1, 0.15) is 6.07 Å². The lowest BCUT2D eigenvalue weighted by atomic mass is 10.2. The highest BCUT2D eigenvalue weighted by Crippen LogP contribution is 2.41. The van der Waals surface area contributed by atoms with Crippen LogP contribution in [0.1, 0.15) is 43.2 Å². The molecule has 0 bridgehead atoms. The van der Waals surface area contributed by atoms with Crippen LogP contribution in [-0.2, 0) is 4.79 Å². The van der Waals surface area contributed by atoms with Gasteiger partial charge in [-0.15, -0.1) is 0 Å². The lowest BCUT2D eigenvalue weighted by molar-refractivity contribution is -0.132. The normalized spacial score (nSPS) is 22.2. The zero-order valence-corrected chi connectivity index (χ0v) is 11.9. The van der Waals surface area contributed by atoms with Crippen molar-refractivity contribution in [2.45, 2.75) is 31.6 Å². The summed E-state index contributed by atoms with van der Waals surface area (Å²) in [5, 5.41) is 9.22. The number of carbonyl (C=O) groups is 1. The van der Waals surface area contributed by atoms with Crippen LogP contribution in [0.25, 0.3) is 0 Å². The number of hydrogen-bond acceptors (Lipinski definition) is 5. The summed E-state index contributed by atoms with van der Waals surface area (Å²) in [4.78, 5) is 20.3. The summed E-state index contributed by atoms with van der Waals surface area (Å²) in [5.74, 6) is 2.28. The molecule has 6 nitrogen and oxygen atoms in total. The second-order valence-corrected chi connectivity index (χ2v) is 6.18. The summed E-state index contributed by atoms with van der Waals surface area (Å²) in [5.41, 5.74) is 0.388. The highest BCUT2D eigenvalue weighted by atomic mass is 16.4. The van der Waals surface area contributed by atoms with Gasteiger partial charge < -0.3 is 14.2 Å². The van der Waals surface area contributed by atoms with E-state index in [-0.39, 0.29) is 5.92 Å². The molecule has 1 aliphatic heterocycles. The second kappa shape index (κ2) is 4.76. The van der Waals surface area contributed by atoms with E-state index >= 15 is 0 Å². The summed E-state index contributed by atoms with van der Waals surface area (Å²) in [6.07, 6.45) is 4.30. The molecule has 0 radical (unpaired) electrons. The molecule has 2 saturated carbocycles. The molecule has 4 rings (SSSR count). The maximum Gasteiger partial charge on any atom is 0.234 e. The molecule has 21 heavy (non-hydrogen) atoms. The molecular formula is C15H18N4O2. The van der Waals surface area contributed by atoms with Gasteiger partial charge in [-0.2, -0.15) is 5.26 Å². The first kappa shape index (κ1) is 12.7. The maximum atomic E-state index is 12.0. The van der Waals surface area contributed by atoms with Crippen molar-refractivity contribution in [2.75, 3.05) is 31.1 Å². The number of amides is 1. The minimum Gasteiger partial charge on any atom is -0.423 e. The second-order valence-electron chi connectivity index (χ2n) is 6.18. The van der Waals surface area contributed by atoms with Crippen molar-refractivity contribution in [3.8, 4) is 6.07 Å². The number of nitriles is 1. The van der Waals surface area contributed by atoms with Crippen LogP contribution in [0.15, 0.2) is 4.42 Å². The van der Waals surface area contributed by atoms with Gasteiger partial charge in [-0.25, -0.2) is 4.98 Å². The Morgan fingerprint density at radius 3 is 2.48 bits per heavy atom. The molecular weight excluding hydrogens is 268 g/mol. The van der Waals surface area contributed by atoms with E-state index in [2.05, 4.69) is 11.1 Å². The number of nitrogens with zero attached hydrogens (tertiary/aromatic N) is 4. The van der Waals surface area contributed by atoms with Gasteiger partial charge in [0.05, 0.1) is 0 Å². The molecule has 2 aliphatic carbocycles.